The smallest absolute Gasteiger partial charge is 0.385 e. The van der Waals surface area contributed by atoms with Crippen LogP contribution >= 0.6 is 0 Å². The maximum Gasteiger partial charge on any atom is 0.445 e. The van der Waals surface area contributed by atoms with E-state index in [1.54, 1.807) is 0 Å². The Bertz CT molecular complexity index is 471. The molecule has 4 aliphatic rings. The third kappa shape index (κ3) is 3.32. The van der Waals surface area contributed by atoms with Gasteiger partial charge in [0.25, 0.3) is 0 Å². The monoisotopic (exact) mass is 380 g/mol. The predicted octanol–water partition coefficient (Wildman–Crippen LogP) is 3.83. The Morgan fingerprint density at radius 3 is 2.46 bits per heavy atom. The van der Waals surface area contributed by atoms with E-state index >= 15 is 0 Å². The second-order valence-electron chi connectivity index (χ2n) is 9.55. The lowest BCUT2D eigenvalue weighted by Crippen LogP contribution is -2.76. The summed E-state index contributed by atoms with van der Waals surface area (Å²) in [6.07, 6.45) is 13.8. The minimum absolute atomic E-state index is 0.435. The molecule has 5 heteroatoms. The molecule has 150 valence electrons. The Morgan fingerprint density at radius 1 is 0.885 bits per heavy atom. The molecule has 0 spiro atoms. The van der Waals surface area contributed by atoms with Crippen LogP contribution in [0.1, 0.15) is 71.1 Å². The molecule has 2 saturated heterocycles. The maximum absolute atomic E-state index is 6.47. The Kier molecular flexibility index (Phi) is 6.11. The van der Waals surface area contributed by atoms with Crippen LogP contribution in [-0.4, -0.2) is 52.3 Å². The van der Waals surface area contributed by atoms with Crippen LogP contribution in [0, 0.1) is 23.7 Å². The first-order chi connectivity index (χ1) is 12.7. The summed E-state index contributed by atoms with van der Waals surface area (Å²) in [7, 11) is 1.43. The van der Waals surface area contributed by atoms with Gasteiger partial charge in [0.05, 0.1) is 5.67 Å². The molecule has 0 bridgehead atoms. The minimum Gasteiger partial charge on any atom is -0.385 e. The molecular weight excluding hydrogens is 340 g/mol. The van der Waals surface area contributed by atoms with Crippen molar-refractivity contribution in [2.75, 3.05) is 27.3 Å². The summed E-state index contributed by atoms with van der Waals surface area (Å²) in [5.41, 5.74) is 0.435. The first-order valence-corrected chi connectivity index (χ1v) is 13.1. The van der Waals surface area contributed by atoms with Gasteiger partial charge < -0.3 is 14.2 Å². The molecule has 2 heterocycles. The molecule has 6 atom stereocenters. The molecule has 4 fully saturated rings. The van der Waals surface area contributed by atoms with Gasteiger partial charge >= 0.3 is 8.72 Å². The van der Waals surface area contributed by atoms with Crippen molar-refractivity contribution in [3.63, 3.8) is 0 Å². The normalized spacial score (nSPS) is 42.1. The standard InChI is InChI=1S/C21H40N2O2Si/c1-16-10-11-19-18(15-16)12-13-22-21(19)26(24-2,25-3)23-14-6-8-17-7-4-5-9-20(17)23/h16-22H,4-15H2,1-3H3. The van der Waals surface area contributed by atoms with Crippen LogP contribution in [0.15, 0.2) is 0 Å². The van der Waals surface area contributed by atoms with E-state index in [1.807, 2.05) is 14.2 Å². The average Bonchev–Trinajstić information content (AvgIpc) is 2.69. The van der Waals surface area contributed by atoms with Gasteiger partial charge in [0.15, 0.2) is 0 Å². The quantitative estimate of drug-likeness (QED) is 0.752. The first kappa shape index (κ1) is 19.4. The summed E-state index contributed by atoms with van der Waals surface area (Å²) in [5, 5.41) is 3.94. The highest BCUT2D eigenvalue weighted by Gasteiger charge is 2.59. The van der Waals surface area contributed by atoms with Crippen LogP contribution in [-0.2, 0) is 8.85 Å². The Balaban J connectivity index is 1.62. The van der Waals surface area contributed by atoms with Gasteiger partial charge in [-0.2, -0.15) is 0 Å². The predicted molar refractivity (Wildman–Crippen MR) is 108 cm³/mol. The van der Waals surface area contributed by atoms with Crippen LogP contribution in [0.3, 0.4) is 0 Å². The summed E-state index contributed by atoms with van der Waals surface area (Å²) in [5.74, 6) is 3.39. The third-order valence-corrected chi connectivity index (χ3v) is 12.2. The van der Waals surface area contributed by atoms with Crippen molar-refractivity contribution < 1.29 is 8.85 Å². The third-order valence-electron chi connectivity index (χ3n) is 8.23. The topological polar surface area (TPSA) is 33.7 Å². The lowest BCUT2D eigenvalue weighted by Gasteiger charge is -2.56. The van der Waals surface area contributed by atoms with E-state index in [2.05, 4.69) is 16.8 Å². The van der Waals surface area contributed by atoms with Crippen molar-refractivity contribution in [3.05, 3.63) is 0 Å². The average molecular weight is 381 g/mol. The molecule has 4 nitrogen and oxygen atoms in total. The molecule has 26 heavy (non-hydrogen) atoms. The second-order valence-corrected chi connectivity index (χ2v) is 12.8. The van der Waals surface area contributed by atoms with Crippen molar-refractivity contribution in [3.8, 4) is 0 Å². The van der Waals surface area contributed by atoms with Crippen LogP contribution in [0.5, 0.6) is 0 Å². The van der Waals surface area contributed by atoms with Crippen LogP contribution in [0.25, 0.3) is 0 Å². The van der Waals surface area contributed by atoms with Gasteiger partial charge in [-0.3, -0.25) is 4.57 Å². The highest BCUT2D eigenvalue weighted by Crippen LogP contribution is 2.45. The van der Waals surface area contributed by atoms with E-state index in [-0.39, 0.29) is 0 Å². The molecule has 4 rings (SSSR count). The molecule has 2 saturated carbocycles. The number of piperidine rings is 2. The zero-order chi connectivity index (χ0) is 18.1. The Morgan fingerprint density at radius 2 is 1.65 bits per heavy atom. The lowest BCUT2D eigenvalue weighted by molar-refractivity contribution is 0.0303. The second kappa shape index (κ2) is 8.20. The molecule has 6 unspecified atom stereocenters. The van der Waals surface area contributed by atoms with E-state index in [4.69, 9.17) is 8.85 Å². The largest absolute Gasteiger partial charge is 0.445 e. The van der Waals surface area contributed by atoms with Gasteiger partial charge in [-0.1, -0.05) is 26.2 Å². The Hall–Kier alpha value is 0.0569. The molecular formula is C21H40N2O2Si. The summed E-state index contributed by atoms with van der Waals surface area (Å²) in [6, 6.07) is 0.703. The van der Waals surface area contributed by atoms with E-state index in [9.17, 15) is 0 Å². The fraction of sp³-hybridized carbons (Fsp3) is 1.00. The van der Waals surface area contributed by atoms with Crippen LogP contribution in [0.4, 0.5) is 0 Å². The number of hydrogen-bond acceptors (Lipinski definition) is 4. The molecule has 0 aromatic carbocycles. The van der Waals surface area contributed by atoms with E-state index in [0.717, 1.165) is 30.2 Å². The molecule has 0 amide bonds. The number of nitrogens with one attached hydrogen (secondary N) is 1. The summed E-state index contributed by atoms with van der Waals surface area (Å²) in [4.78, 5) is 0. The minimum atomic E-state index is -2.46. The van der Waals surface area contributed by atoms with Crippen molar-refractivity contribution in [1.82, 2.24) is 9.88 Å². The highest BCUT2D eigenvalue weighted by molar-refractivity contribution is 6.66. The van der Waals surface area contributed by atoms with Crippen molar-refractivity contribution in [2.24, 2.45) is 23.7 Å². The van der Waals surface area contributed by atoms with Gasteiger partial charge in [0.2, 0.25) is 0 Å². The number of nitrogens with zero attached hydrogens (tertiary/aromatic N) is 1. The number of hydrogen-bond donors (Lipinski definition) is 1. The van der Waals surface area contributed by atoms with Gasteiger partial charge in [0, 0.05) is 20.3 Å². The molecule has 0 radical (unpaired) electrons. The van der Waals surface area contributed by atoms with Gasteiger partial charge in [-0.05, 0) is 81.7 Å². The lowest BCUT2D eigenvalue weighted by atomic mass is 9.71. The van der Waals surface area contributed by atoms with Gasteiger partial charge in [0.1, 0.15) is 0 Å². The number of fused-ring (bicyclic) bond motifs is 2. The summed E-state index contributed by atoms with van der Waals surface area (Å²) >= 11 is 0. The van der Waals surface area contributed by atoms with Crippen LogP contribution in [0.2, 0.25) is 0 Å². The van der Waals surface area contributed by atoms with Crippen LogP contribution < -0.4 is 5.32 Å². The highest BCUT2D eigenvalue weighted by atomic mass is 28.4. The summed E-state index contributed by atoms with van der Waals surface area (Å²) < 4.78 is 15.7. The molecule has 0 aromatic rings. The van der Waals surface area contributed by atoms with Crippen molar-refractivity contribution in [1.29, 1.82) is 0 Å². The fourth-order valence-electron chi connectivity index (χ4n) is 7.03. The van der Waals surface area contributed by atoms with E-state index < -0.39 is 8.72 Å². The first-order valence-electron chi connectivity index (χ1n) is 11.3. The van der Waals surface area contributed by atoms with Gasteiger partial charge in [-0.15, -0.1) is 0 Å². The zero-order valence-corrected chi connectivity index (χ0v) is 18.2. The molecule has 2 aliphatic heterocycles. The van der Waals surface area contributed by atoms with Gasteiger partial charge in [-0.25, -0.2) is 0 Å². The molecule has 1 N–H and O–H groups in total. The maximum atomic E-state index is 6.47. The number of rotatable bonds is 4. The fourth-order valence-corrected chi connectivity index (χ4v) is 11.2. The van der Waals surface area contributed by atoms with Crippen molar-refractivity contribution >= 4 is 8.72 Å². The van der Waals surface area contributed by atoms with E-state index in [0.29, 0.717) is 11.7 Å². The Labute approximate surface area is 161 Å². The van der Waals surface area contributed by atoms with Crippen molar-refractivity contribution in [2.45, 2.75) is 82.8 Å². The van der Waals surface area contributed by atoms with E-state index in [1.165, 1.54) is 70.8 Å². The SMILES string of the molecule is CO[Si](OC)(C1NCCC2CC(C)CCC21)N1CCCC2CCCCC21. The molecule has 2 aliphatic carbocycles. The molecule has 0 aromatic heterocycles. The zero-order valence-electron chi connectivity index (χ0n) is 17.2. The summed E-state index contributed by atoms with van der Waals surface area (Å²) in [6.45, 7) is 4.77.